The Morgan fingerprint density at radius 2 is 1.36 bits per heavy atom. The quantitative estimate of drug-likeness (QED) is 0.251. The number of benzene rings is 3. The molecule has 1 aliphatic heterocycles. The van der Waals surface area contributed by atoms with Crippen molar-refractivity contribution in [1.82, 2.24) is 4.90 Å². The molecule has 0 bridgehead atoms. The van der Waals surface area contributed by atoms with E-state index < -0.39 is 36.4 Å². The van der Waals surface area contributed by atoms with Crippen molar-refractivity contribution in [2.75, 3.05) is 11.9 Å². The van der Waals surface area contributed by atoms with Crippen LogP contribution in [0.15, 0.2) is 97.1 Å². The van der Waals surface area contributed by atoms with E-state index in [4.69, 9.17) is 9.47 Å². The van der Waals surface area contributed by atoms with Gasteiger partial charge in [-0.15, -0.1) is 0 Å². The van der Waals surface area contributed by atoms with Crippen LogP contribution in [-0.4, -0.2) is 41.2 Å². The number of nitrogens with one attached hydrogen (secondary N) is 1. The minimum Gasteiger partial charge on any atom is -0.457 e. The summed E-state index contributed by atoms with van der Waals surface area (Å²) in [5.74, 6) is -1.72. The highest BCUT2D eigenvalue weighted by Gasteiger charge is 2.51. The van der Waals surface area contributed by atoms with Gasteiger partial charge in [-0.25, -0.2) is 4.79 Å². The molecule has 2 aliphatic rings. The average Bonchev–Trinajstić information content (AvgIpc) is 3.22. The number of fused-ring (bicyclic) bond motifs is 1. The second-order valence-corrected chi connectivity index (χ2v) is 9.50. The summed E-state index contributed by atoms with van der Waals surface area (Å²) in [7, 11) is 0. The second kappa shape index (κ2) is 11.8. The number of imide groups is 1. The molecular formula is C31H28N2O6. The number of amides is 3. The van der Waals surface area contributed by atoms with Crippen LogP contribution in [-0.2, 0) is 30.3 Å². The van der Waals surface area contributed by atoms with E-state index in [9.17, 15) is 19.2 Å². The van der Waals surface area contributed by atoms with E-state index in [1.807, 2.05) is 72.8 Å². The van der Waals surface area contributed by atoms with Crippen molar-refractivity contribution in [1.29, 1.82) is 0 Å². The molecule has 0 aromatic heterocycles. The monoisotopic (exact) mass is 524 g/mol. The summed E-state index contributed by atoms with van der Waals surface area (Å²) in [6.07, 6.45) is 4.83. The van der Waals surface area contributed by atoms with Crippen molar-refractivity contribution in [2.24, 2.45) is 11.8 Å². The van der Waals surface area contributed by atoms with Crippen LogP contribution in [0.4, 0.5) is 5.69 Å². The fraction of sp³-hybridized carbons (Fsp3) is 0.226. The number of likely N-dealkylation sites (tertiary alicyclic amines) is 1. The largest absolute Gasteiger partial charge is 0.457 e. The number of hydrogen-bond donors (Lipinski definition) is 1. The highest BCUT2D eigenvalue weighted by molar-refractivity contribution is 6.08. The van der Waals surface area contributed by atoms with Crippen LogP contribution >= 0.6 is 0 Å². The summed E-state index contributed by atoms with van der Waals surface area (Å²) in [5, 5.41) is 2.68. The molecule has 3 aromatic rings. The van der Waals surface area contributed by atoms with Gasteiger partial charge in [0.15, 0.2) is 6.61 Å². The van der Waals surface area contributed by atoms with E-state index in [0.717, 1.165) is 10.5 Å². The van der Waals surface area contributed by atoms with E-state index in [-0.39, 0.29) is 18.2 Å². The molecular weight excluding hydrogens is 496 g/mol. The van der Waals surface area contributed by atoms with E-state index >= 15 is 0 Å². The second-order valence-electron chi connectivity index (χ2n) is 9.50. The Morgan fingerprint density at radius 1 is 0.795 bits per heavy atom. The third-order valence-electron chi connectivity index (χ3n) is 6.86. The molecule has 5 rings (SSSR count). The molecule has 1 heterocycles. The predicted octanol–water partition coefficient (Wildman–Crippen LogP) is 4.52. The number of anilines is 1. The first kappa shape index (κ1) is 25.9. The molecule has 8 heteroatoms. The van der Waals surface area contributed by atoms with Crippen LogP contribution in [0.5, 0.6) is 11.5 Å². The zero-order chi connectivity index (χ0) is 27.2. The van der Waals surface area contributed by atoms with Crippen molar-refractivity contribution in [3.63, 3.8) is 0 Å². The van der Waals surface area contributed by atoms with Crippen LogP contribution in [0.2, 0.25) is 0 Å². The summed E-state index contributed by atoms with van der Waals surface area (Å²) in [5.41, 5.74) is 1.27. The highest BCUT2D eigenvalue weighted by Crippen LogP contribution is 2.36. The van der Waals surface area contributed by atoms with Gasteiger partial charge in [0.05, 0.1) is 11.8 Å². The summed E-state index contributed by atoms with van der Waals surface area (Å²) < 4.78 is 11.1. The van der Waals surface area contributed by atoms with Crippen LogP contribution in [0.1, 0.15) is 18.4 Å². The fourth-order valence-corrected chi connectivity index (χ4v) is 4.91. The molecule has 198 valence electrons. The number of rotatable bonds is 9. The lowest BCUT2D eigenvalue weighted by molar-refractivity contribution is -0.159. The molecule has 1 fully saturated rings. The van der Waals surface area contributed by atoms with Crippen molar-refractivity contribution < 1.29 is 28.7 Å². The summed E-state index contributed by atoms with van der Waals surface area (Å²) in [4.78, 5) is 53.2. The number of hydrogen-bond acceptors (Lipinski definition) is 6. The number of esters is 1. The lowest BCUT2D eigenvalue weighted by atomic mass is 9.85. The minimum atomic E-state index is -1.15. The zero-order valence-electron chi connectivity index (χ0n) is 21.2. The SMILES string of the molecule is O=C(COC(=O)[C@H](Cc1ccccc1)N1C(=O)[C@H]2CC=CC[C@@H]2C1=O)Nc1ccc(Oc2ccccc2)cc1. The fourth-order valence-electron chi connectivity index (χ4n) is 4.91. The topological polar surface area (TPSA) is 102 Å². The third kappa shape index (κ3) is 6.06. The molecule has 39 heavy (non-hydrogen) atoms. The smallest absolute Gasteiger partial charge is 0.330 e. The van der Waals surface area contributed by atoms with Crippen LogP contribution in [0, 0.1) is 11.8 Å². The number of para-hydroxylation sites is 1. The highest BCUT2D eigenvalue weighted by atomic mass is 16.5. The number of allylic oxidation sites excluding steroid dienone is 2. The van der Waals surface area contributed by atoms with Gasteiger partial charge in [0.25, 0.3) is 5.91 Å². The van der Waals surface area contributed by atoms with E-state index in [1.165, 1.54) is 0 Å². The van der Waals surface area contributed by atoms with Gasteiger partial charge >= 0.3 is 5.97 Å². The molecule has 1 aliphatic carbocycles. The lowest BCUT2D eigenvalue weighted by Gasteiger charge is -2.25. The Balaban J connectivity index is 1.22. The van der Waals surface area contributed by atoms with Gasteiger partial charge in [-0.1, -0.05) is 60.7 Å². The molecule has 0 radical (unpaired) electrons. The van der Waals surface area contributed by atoms with Gasteiger partial charge in [-0.2, -0.15) is 0 Å². The van der Waals surface area contributed by atoms with Gasteiger partial charge in [0, 0.05) is 12.1 Å². The molecule has 3 atom stereocenters. The standard InChI is InChI=1S/C31H28N2O6/c34-28(32-22-15-17-24(18-16-22)39-23-11-5-2-6-12-23)20-38-31(37)27(19-21-9-3-1-4-10-21)33-29(35)25-13-7-8-14-26(25)30(33)36/h1-12,15-18,25-27H,13-14,19-20H2,(H,32,34)/t25-,26-,27-/m0/s1. The Kier molecular flexibility index (Phi) is 7.82. The molecule has 0 unspecified atom stereocenters. The maximum absolute atomic E-state index is 13.2. The molecule has 1 N–H and O–H groups in total. The van der Waals surface area contributed by atoms with Crippen LogP contribution in [0.3, 0.4) is 0 Å². The number of ether oxygens (including phenoxy) is 2. The molecule has 1 saturated heterocycles. The van der Waals surface area contributed by atoms with Crippen molar-refractivity contribution in [3.8, 4) is 11.5 Å². The van der Waals surface area contributed by atoms with Gasteiger partial charge in [0.1, 0.15) is 17.5 Å². The predicted molar refractivity (Wildman–Crippen MR) is 144 cm³/mol. The van der Waals surface area contributed by atoms with Gasteiger partial charge in [-0.05, 0) is 54.8 Å². The van der Waals surface area contributed by atoms with Crippen molar-refractivity contribution >= 4 is 29.4 Å². The Hall–Kier alpha value is -4.72. The summed E-state index contributed by atoms with van der Waals surface area (Å²) >= 11 is 0. The average molecular weight is 525 g/mol. The summed E-state index contributed by atoms with van der Waals surface area (Å²) in [6, 6.07) is 24.0. The number of carbonyl (C=O) groups is 4. The van der Waals surface area contributed by atoms with Gasteiger partial charge in [0.2, 0.25) is 11.8 Å². The summed E-state index contributed by atoms with van der Waals surface area (Å²) in [6.45, 7) is -0.559. The van der Waals surface area contributed by atoms with Gasteiger partial charge in [-0.3, -0.25) is 19.3 Å². The third-order valence-corrected chi connectivity index (χ3v) is 6.86. The van der Waals surface area contributed by atoms with Crippen LogP contribution < -0.4 is 10.1 Å². The Labute approximate surface area is 226 Å². The first-order valence-electron chi connectivity index (χ1n) is 12.8. The Morgan fingerprint density at radius 3 is 1.97 bits per heavy atom. The van der Waals surface area contributed by atoms with E-state index in [1.54, 1.807) is 24.3 Å². The maximum atomic E-state index is 13.2. The molecule has 0 spiro atoms. The van der Waals surface area contributed by atoms with Gasteiger partial charge < -0.3 is 14.8 Å². The molecule has 0 saturated carbocycles. The molecule has 3 aromatic carbocycles. The van der Waals surface area contributed by atoms with E-state index in [0.29, 0.717) is 30.0 Å². The lowest BCUT2D eigenvalue weighted by Crippen LogP contribution is -2.48. The number of carbonyl (C=O) groups excluding carboxylic acids is 4. The zero-order valence-corrected chi connectivity index (χ0v) is 21.2. The van der Waals surface area contributed by atoms with E-state index in [2.05, 4.69) is 5.32 Å². The maximum Gasteiger partial charge on any atom is 0.330 e. The molecule has 3 amide bonds. The number of nitrogens with zero attached hydrogens (tertiary/aromatic N) is 1. The first-order valence-corrected chi connectivity index (χ1v) is 12.8. The van der Waals surface area contributed by atoms with Crippen molar-refractivity contribution in [2.45, 2.75) is 25.3 Å². The van der Waals surface area contributed by atoms with Crippen molar-refractivity contribution in [3.05, 3.63) is 103 Å². The normalized spacial score (nSPS) is 18.8. The Bertz CT molecular complexity index is 1350. The first-order chi connectivity index (χ1) is 19.0. The van der Waals surface area contributed by atoms with Crippen LogP contribution in [0.25, 0.3) is 0 Å². The molecule has 8 nitrogen and oxygen atoms in total. The minimum absolute atomic E-state index is 0.106.